The van der Waals surface area contributed by atoms with E-state index in [9.17, 15) is 4.79 Å². The van der Waals surface area contributed by atoms with Crippen molar-refractivity contribution in [3.8, 4) is 22.5 Å². The molecule has 12 rings (SSSR count). The molecule has 312 valence electrons. The zero-order chi connectivity index (χ0) is 42.6. The molecule has 3 heterocycles. The Morgan fingerprint density at radius 3 is 1.67 bits per heavy atom. The third kappa shape index (κ3) is 6.75. The van der Waals surface area contributed by atoms with Crippen molar-refractivity contribution in [3.05, 3.63) is 216 Å². The van der Waals surface area contributed by atoms with Gasteiger partial charge in [0, 0.05) is 68.7 Å². The smallest absolute Gasteiger partial charge is 0.193 e. The van der Waals surface area contributed by atoms with Gasteiger partial charge < -0.3 is 19.8 Å². The van der Waals surface area contributed by atoms with Crippen molar-refractivity contribution in [3.63, 3.8) is 0 Å². The van der Waals surface area contributed by atoms with E-state index >= 15 is 0 Å². The molecule has 1 saturated carbocycles. The molecule has 1 aliphatic heterocycles. The van der Waals surface area contributed by atoms with Gasteiger partial charge in [0.1, 0.15) is 0 Å². The molecule has 64 heavy (non-hydrogen) atoms. The van der Waals surface area contributed by atoms with Crippen LogP contribution < -0.4 is 10.6 Å². The second kappa shape index (κ2) is 16.3. The molecular weight excluding hydrogens is 781 g/mol. The minimum Gasteiger partial charge on any atom is -0.309 e. The number of fused-ring (bicyclic) bond motifs is 6. The first-order chi connectivity index (χ1) is 31.7. The molecule has 0 radical (unpaired) electrons. The highest BCUT2D eigenvalue weighted by atomic mass is 16.1. The Morgan fingerprint density at radius 1 is 0.453 bits per heavy atom. The van der Waals surface area contributed by atoms with E-state index in [2.05, 4.69) is 190 Å². The van der Waals surface area contributed by atoms with Gasteiger partial charge in [-0.3, -0.25) is 4.79 Å². The van der Waals surface area contributed by atoms with Crippen LogP contribution in [0.5, 0.6) is 0 Å². The summed E-state index contributed by atoms with van der Waals surface area (Å²) in [7, 11) is 0. The molecule has 10 aromatic rings. The monoisotopic (exact) mass is 830 g/mol. The quantitative estimate of drug-likeness (QED) is 0.150. The molecule has 0 amide bonds. The van der Waals surface area contributed by atoms with Gasteiger partial charge in [0.25, 0.3) is 0 Å². The van der Waals surface area contributed by atoms with Crippen LogP contribution in [0.3, 0.4) is 0 Å². The minimum absolute atomic E-state index is 0.0425. The van der Waals surface area contributed by atoms with Gasteiger partial charge in [0.15, 0.2) is 5.78 Å². The van der Waals surface area contributed by atoms with Crippen molar-refractivity contribution in [2.45, 2.75) is 50.2 Å². The van der Waals surface area contributed by atoms with Gasteiger partial charge in [0.2, 0.25) is 0 Å². The lowest BCUT2D eigenvalue weighted by Gasteiger charge is -2.44. The fraction of sp³-hybridized carbons (Fsp3) is 0.169. The number of aromatic nitrogens is 2. The SMILES string of the molecule is O=C(c1ccc(-c2ccc3c(c2)c2cc4c5ccccc5n(-c5ccccc5)c4cc2n3-c2ccccc2)cc1)c1ccc(C2NCC(c3ccccc3)NC2C2CCCCC2)cc1. The van der Waals surface area contributed by atoms with Crippen LogP contribution in [0.1, 0.15) is 71.2 Å². The van der Waals surface area contributed by atoms with Crippen LogP contribution in [-0.4, -0.2) is 27.5 Å². The second-order valence-corrected chi connectivity index (χ2v) is 17.9. The van der Waals surface area contributed by atoms with Gasteiger partial charge in [-0.05, 0) is 95.6 Å². The van der Waals surface area contributed by atoms with Crippen LogP contribution in [0, 0.1) is 5.92 Å². The average Bonchev–Trinajstić information content (AvgIpc) is 3.87. The number of hydrogen-bond donors (Lipinski definition) is 2. The Balaban J connectivity index is 0.863. The maximum atomic E-state index is 14.0. The lowest BCUT2D eigenvalue weighted by Crippen LogP contribution is -2.55. The first-order valence-electron chi connectivity index (χ1n) is 23.1. The summed E-state index contributed by atoms with van der Waals surface area (Å²) in [6.45, 7) is 0.872. The van der Waals surface area contributed by atoms with Gasteiger partial charge in [-0.2, -0.15) is 0 Å². The summed E-state index contributed by atoms with van der Waals surface area (Å²) in [5.74, 6) is 0.672. The summed E-state index contributed by atoms with van der Waals surface area (Å²) in [5, 5.41) is 12.9. The molecule has 2 aromatic heterocycles. The number of hydrogen-bond acceptors (Lipinski definition) is 3. The van der Waals surface area contributed by atoms with Crippen LogP contribution in [-0.2, 0) is 0 Å². The van der Waals surface area contributed by atoms with E-state index in [1.54, 1.807) is 0 Å². The van der Waals surface area contributed by atoms with Crippen molar-refractivity contribution < 1.29 is 4.79 Å². The number of carbonyl (C=O) groups is 1. The highest BCUT2D eigenvalue weighted by molar-refractivity contribution is 6.19. The number of rotatable bonds is 8. The highest BCUT2D eigenvalue weighted by Crippen LogP contribution is 2.41. The Labute approximate surface area is 374 Å². The summed E-state index contributed by atoms with van der Waals surface area (Å²) in [5.41, 5.74) is 13.1. The molecule has 1 aliphatic carbocycles. The molecule has 1 saturated heterocycles. The maximum absolute atomic E-state index is 14.0. The minimum atomic E-state index is 0.0425. The van der Waals surface area contributed by atoms with E-state index in [1.807, 2.05) is 24.3 Å². The summed E-state index contributed by atoms with van der Waals surface area (Å²) in [6.07, 6.45) is 6.47. The Bertz CT molecular complexity index is 3290. The standard InChI is InChI=1S/C59H50N4O/c64-59(44-31-27-42(28-32-44)57-58(41-17-7-2-8-18-41)61-52(38-60-57)40-15-5-1-6-16-40)43-29-25-39(26-30-43)45-33-34-54-49(35-45)51-36-50-48-23-13-14-24-53(48)62(46-19-9-3-10-20-46)55(50)37-56(51)63(54)47-21-11-4-12-22-47/h1,3-6,9-16,19-37,41,52,57-58,60-61H,2,7-8,17-18,38H2. The van der Waals surface area contributed by atoms with Gasteiger partial charge in [-0.15, -0.1) is 0 Å². The molecule has 0 bridgehead atoms. The van der Waals surface area contributed by atoms with E-state index in [4.69, 9.17) is 0 Å². The molecular formula is C59H50N4O. The number of para-hydroxylation sites is 3. The molecule has 2 N–H and O–H groups in total. The molecule has 0 spiro atoms. The number of nitrogens with one attached hydrogen (secondary N) is 2. The average molecular weight is 831 g/mol. The van der Waals surface area contributed by atoms with Crippen molar-refractivity contribution in [1.82, 2.24) is 19.8 Å². The molecule has 3 unspecified atom stereocenters. The number of piperazine rings is 1. The summed E-state index contributed by atoms with van der Waals surface area (Å²) in [4.78, 5) is 14.0. The third-order valence-corrected chi connectivity index (χ3v) is 14.3. The van der Waals surface area contributed by atoms with Crippen molar-refractivity contribution in [2.75, 3.05) is 6.54 Å². The lowest BCUT2D eigenvalue weighted by atomic mass is 9.77. The van der Waals surface area contributed by atoms with Crippen LogP contribution in [0.15, 0.2) is 194 Å². The van der Waals surface area contributed by atoms with Gasteiger partial charge in [0.05, 0.1) is 22.1 Å². The van der Waals surface area contributed by atoms with E-state index in [0.29, 0.717) is 23.1 Å². The topological polar surface area (TPSA) is 51.0 Å². The van der Waals surface area contributed by atoms with Crippen molar-refractivity contribution in [1.29, 1.82) is 0 Å². The maximum Gasteiger partial charge on any atom is 0.193 e. The summed E-state index contributed by atoms with van der Waals surface area (Å²) < 4.78 is 4.78. The number of ketones is 1. The molecule has 5 heteroatoms. The van der Waals surface area contributed by atoms with E-state index in [0.717, 1.165) is 40.1 Å². The molecule has 3 atom stereocenters. The summed E-state index contributed by atoms with van der Waals surface area (Å²) >= 11 is 0. The first-order valence-corrected chi connectivity index (χ1v) is 23.1. The van der Waals surface area contributed by atoms with Crippen LogP contribution in [0.2, 0.25) is 0 Å². The van der Waals surface area contributed by atoms with Crippen LogP contribution >= 0.6 is 0 Å². The van der Waals surface area contributed by atoms with Crippen LogP contribution in [0.4, 0.5) is 0 Å². The van der Waals surface area contributed by atoms with Gasteiger partial charge in [-0.25, -0.2) is 0 Å². The Morgan fingerprint density at radius 2 is 1.00 bits per heavy atom. The second-order valence-electron chi connectivity index (χ2n) is 17.9. The molecule has 5 nitrogen and oxygen atoms in total. The third-order valence-electron chi connectivity index (χ3n) is 14.3. The molecule has 8 aromatic carbocycles. The highest BCUT2D eigenvalue weighted by Gasteiger charge is 2.37. The Hall–Kier alpha value is -7.05. The van der Waals surface area contributed by atoms with E-state index in [-0.39, 0.29) is 17.9 Å². The number of nitrogens with zero attached hydrogens (tertiary/aromatic N) is 2. The Kier molecular flexibility index (Phi) is 9.81. The zero-order valence-electron chi connectivity index (χ0n) is 35.8. The van der Waals surface area contributed by atoms with Crippen molar-refractivity contribution in [2.24, 2.45) is 5.92 Å². The number of benzene rings is 8. The normalized spacial score (nSPS) is 18.3. The molecule has 2 fully saturated rings. The van der Waals surface area contributed by atoms with Gasteiger partial charge in [-0.1, -0.05) is 159 Å². The zero-order valence-corrected chi connectivity index (χ0v) is 35.8. The first kappa shape index (κ1) is 38.6. The number of carbonyl (C=O) groups excluding carboxylic acids is 1. The predicted molar refractivity (Wildman–Crippen MR) is 264 cm³/mol. The fourth-order valence-corrected chi connectivity index (χ4v) is 11.1. The summed E-state index contributed by atoms with van der Waals surface area (Å²) in [6, 6.07) is 69.8. The van der Waals surface area contributed by atoms with E-state index in [1.165, 1.54) is 75.8 Å². The predicted octanol–water partition coefficient (Wildman–Crippen LogP) is 13.7. The van der Waals surface area contributed by atoms with E-state index < -0.39 is 0 Å². The van der Waals surface area contributed by atoms with Crippen molar-refractivity contribution >= 4 is 49.4 Å². The van der Waals surface area contributed by atoms with Gasteiger partial charge >= 0.3 is 0 Å². The largest absolute Gasteiger partial charge is 0.309 e. The van der Waals surface area contributed by atoms with Crippen LogP contribution in [0.25, 0.3) is 66.1 Å². The fourth-order valence-electron chi connectivity index (χ4n) is 11.1. The molecule has 2 aliphatic rings. The lowest BCUT2D eigenvalue weighted by molar-refractivity contribution is 0.103.